The molecule has 0 amide bonds. The normalized spacial score (nSPS) is 10.9. The van der Waals surface area contributed by atoms with Gasteiger partial charge in [-0.05, 0) is 31.2 Å². The van der Waals surface area contributed by atoms with E-state index in [1.165, 1.54) is 6.07 Å². The summed E-state index contributed by atoms with van der Waals surface area (Å²) < 4.78 is 13.4. The molecule has 2 aromatic heterocycles. The third-order valence-electron chi connectivity index (χ3n) is 2.97. The molecule has 2 heterocycles. The van der Waals surface area contributed by atoms with Gasteiger partial charge in [-0.2, -0.15) is 0 Å². The predicted molar refractivity (Wildman–Crippen MR) is 71.0 cm³/mol. The van der Waals surface area contributed by atoms with E-state index in [0.29, 0.717) is 16.9 Å². The Bertz CT molecular complexity index is 809. The van der Waals surface area contributed by atoms with E-state index >= 15 is 0 Å². The van der Waals surface area contributed by atoms with Gasteiger partial charge in [-0.3, -0.25) is 4.98 Å². The number of halogens is 1. The van der Waals surface area contributed by atoms with E-state index in [1.807, 2.05) is 19.1 Å². The van der Waals surface area contributed by atoms with Crippen LogP contribution >= 0.6 is 0 Å². The summed E-state index contributed by atoms with van der Waals surface area (Å²) in [6.45, 7) is 1.86. The number of aryl methyl sites for hydroxylation is 1. The van der Waals surface area contributed by atoms with Gasteiger partial charge in [0.25, 0.3) is 0 Å². The first-order valence-electron chi connectivity index (χ1n) is 5.90. The van der Waals surface area contributed by atoms with Gasteiger partial charge in [-0.1, -0.05) is 0 Å². The predicted octanol–water partition coefficient (Wildman–Crippen LogP) is 2.77. The van der Waals surface area contributed by atoms with E-state index in [2.05, 4.69) is 15.0 Å². The molecule has 6 heteroatoms. The first-order valence-corrected chi connectivity index (χ1v) is 5.90. The van der Waals surface area contributed by atoms with Gasteiger partial charge < -0.3 is 10.1 Å². The van der Waals surface area contributed by atoms with Gasteiger partial charge in [-0.15, -0.1) is 0 Å². The highest BCUT2D eigenvalue weighted by Gasteiger charge is 2.15. The molecule has 0 saturated carbocycles. The number of aromatic amines is 1. The molecule has 0 fully saturated rings. The van der Waals surface area contributed by atoms with Crippen LogP contribution in [0.15, 0.2) is 30.5 Å². The van der Waals surface area contributed by atoms with Crippen LogP contribution in [-0.4, -0.2) is 26.0 Å². The van der Waals surface area contributed by atoms with Crippen LogP contribution in [0.2, 0.25) is 0 Å². The van der Waals surface area contributed by atoms with Crippen LogP contribution < -0.4 is 0 Å². The number of nitrogens with zero attached hydrogens (tertiary/aromatic N) is 2. The monoisotopic (exact) mass is 271 g/mol. The Morgan fingerprint density at radius 3 is 2.80 bits per heavy atom. The first kappa shape index (κ1) is 12.3. The average Bonchev–Trinajstić information content (AvgIpc) is 2.81. The number of H-pyrrole nitrogens is 1. The number of hydrogen-bond donors (Lipinski definition) is 2. The van der Waals surface area contributed by atoms with Crippen molar-refractivity contribution in [3.05, 3.63) is 47.5 Å². The van der Waals surface area contributed by atoms with E-state index in [0.717, 1.165) is 11.8 Å². The van der Waals surface area contributed by atoms with Crippen molar-refractivity contribution >= 4 is 17.0 Å². The number of imidazole rings is 1. The molecular weight excluding hydrogens is 261 g/mol. The number of nitrogens with one attached hydrogen (secondary N) is 1. The molecule has 0 unspecified atom stereocenters. The van der Waals surface area contributed by atoms with Gasteiger partial charge in [0.1, 0.15) is 17.2 Å². The molecule has 0 radical (unpaired) electrons. The van der Waals surface area contributed by atoms with Gasteiger partial charge in [0.05, 0.1) is 11.1 Å². The molecule has 0 aliphatic heterocycles. The highest BCUT2D eigenvalue weighted by atomic mass is 19.1. The number of aromatic nitrogens is 3. The summed E-state index contributed by atoms with van der Waals surface area (Å²) >= 11 is 0. The summed E-state index contributed by atoms with van der Waals surface area (Å²) in [5.41, 5.74) is 1.99. The lowest BCUT2D eigenvalue weighted by molar-refractivity contribution is 0.0698. The zero-order valence-electron chi connectivity index (χ0n) is 10.5. The second-order valence-electron chi connectivity index (χ2n) is 4.43. The Morgan fingerprint density at radius 2 is 2.15 bits per heavy atom. The standard InChI is InChI=1S/C14H10FN3O2/c1-7-2-3-8(6-16-7)13-17-11-5-9(15)4-10(14(19)20)12(11)18-13/h2-6H,1H3,(H,17,18)(H,19,20). The topological polar surface area (TPSA) is 78.9 Å². The molecular formula is C14H10FN3O2. The molecule has 0 aliphatic carbocycles. The van der Waals surface area contributed by atoms with Crippen molar-refractivity contribution in [3.63, 3.8) is 0 Å². The molecule has 0 saturated heterocycles. The number of carboxylic acid groups (broad SMARTS) is 1. The minimum absolute atomic E-state index is 0.164. The molecule has 20 heavy (non-hydrogen) atoms. The molecule has 5 nitrogen and oxygen atoms in total. The Morgan fingerprint density at radius 1 is 1.35 bits per heavy atom. The Balaban J connectivity index is 2.22. The molecule has 100 valence electrons. The van der Waals surface area contributed by atoms with Crippen molar-refractivity contribution in [2.75, 3.05) is 0 Å². The molecule has 0 bridgehead atoms. The summed E-state index contributed by atoms with van der Waals surface area (Å²) in [6, 6.07) is 5.82. The zero-order chi connectivity index (χ0) is 14.3. The number of hydrogen-bond acceptors (Lipinski definition) is 3. The minimum Gasteiger partial charge on any atom is -0.478 e. The smallest absolute Gasteiger partial charge is 0.338 e. The lowest BCUT2D eigenvalue weighted by Crippen LogP contribution is -1.98. The van der Waals surface area contributed by atoms with Crippen LogP contribution in [-0.2, 0) is 0 Å². The minimum atomic E-state index is -1.21. The molecule has 0 atom stereocenters. The number of aromatic carboxylic acids is 1. The fourth-order valence-electron chi connectivity index (χ4n) is 1.99. The van der Waals surface area contributed by atoms with Crippen molar-refractivity contribution in [1.29, 1.82) is 0 Å². The Labute approximate surface area is 113 Å². The quantitative estimate of drug-likeness (QED) is 0.751. The van der Waals surface area contributed by atoms with E-state index in [1.54, 1.807) is 6.20 Å². The van der Waals surface area contributed by atoms with Crippen molar-refractivity contribution < 1.29 is 14.3 Å². The Kier molecular flexibility index (Phi) is 2.71. The first-order chi connectivity index (χ1) is 9.54. The van der Waals surface area contributed by atoms with Gasteiger partial charge in [0.15, 0.2) is 0 Å². The van der Waals surface area contributed by atoms with Gasteiger partial charge in [0, 0.05) is 17.5 Å². The SMILES string of the molecule is Cc1ccc(-c2nc3c(C(=O)O)cc(F)cc3[nH]2)cn1. The van der Waals surface area contributed by atoms with Crippen LogP contribution in [0.25, 0.3) is 22.4 Å². The fourth-order valence-corrected chi connectivity index (χ4v) is 1.99. The lowest BCUT2D eigenvalue weighted by atomic mass is 10.2. The van der Waals surface area contributed by atoms with Crippen LogP contribution in [0, 0.1) is 12.7 Å². The third kappa shape index (κ3) is 2.01. The van der Waals surface area contributed by atoms with Gasteiger partial charge in [0.2, 0.25) is 0 Å². The number of pyridine rings is 1. The zero-order valence-corrected chi connectivity index (χ0v) is 10.5. The second kappa shape index (κ2) is 4.41. The summed E-state index contributed by atoms with van der Waals surface area (Å²) in [4.78, 5) is 22.4. The molecule has 0 spiro atoms. The summed E-state index contributed by atoms with van der Waals surface area (Å²) in [6.07, 6.45) is 1.63. The fraction of sp³-hybridized carbons (Fsp3) is 0.0714. The van der Waals surface area contributed by atoms with Crippen LogP contribution in [0.5, 0.6) is 0 Å². The van der Waals surface area contributed by atoms with Crippen LogP contribution in [0.4, 0.5) is 4.39 Å². The van der Waals surface area contributed by atoms with E-state index in [9.17, 15) is 9.18 Å². The van der Waals surface area contributed by atoms with Crippen molar-refractivity contribution in [1.82, 2.24) is 15.0 Å². The highest BCUT2D eigenvalue weighted by molar-refractivity contribution is 6.01. The summed E-state index contributed by atoms with van der Waals surface area (Å²) in [5, 5.41) is 9.09. The number of carbonyl (C=O) groups is 1. The average molecular weight is 271 g/mol. The van der Waals surface area contributed by atoms with E-state index in [4.69, 9.17) is 5.11 Å². The maximum absolute atomic E-state index is 13.4. The summed E-state index contributed by atoms with van der Waals surface area (Å²) in [5.74, 6) is -1.37. The largest absolute Gasteiger partial charge is 0.478 e. The third-order valence-corrected chi connectivity index (χ3v) is 2.97. The van der Waals surface area contributed by atoms with Crippen molar-refractivity contribution in [2.45, 2.75) is 6.92 Å². The molecule has 2 N–H and O–H groups in total. The molecule has 1 aromatic carbocycles. The summed E-state index contributed by atoms with van der Waals surface area (Å²) in [7, 11) is 0. The van der Waals surface area contributed by atoms with Crippen LogP contribution in [0.1, 0.15) is 16.1 Å². The van der Waals surface area contributed by atoms with Crippen molar-refractivity contribution in [2.24, 2.45) is 0 Å². The van der Waals surface area contributed by atoms with Crippen LogP contribution in [0.3, 0.4) is 0 Å². The van der Waals surface area contributed by atoms with Gasteiger partial charge in [-0.25, -0.2) is 14.2 Å². The maximum atomic E-state index is 13.4. The Hall–Kier alpha value is -2.76. The number of carboxylic acids is 1. The molecule has 3 rings (SSSR count). The van der Waals surface area contributed by atoms with E-state index in [-0.39, 0.29) is 11.1 Å². The lowest BCUT2D eigenvalue weighted by Gasteiger charge is -1.96. The molecule has 3 aromatic rings. The highest BCUT2D eigenvalue weighted by Crippen LogP contribution is 2.23. The second-order valence-corrected chi connectivity index (χ2v) is 4.43. The van der Waals surface area contributed by atoms with Gasteiger partial charge >= 0.3 is 5.97 Å². The maximum Gasteiger partial charge on any atom is 0.338 e. The van der Waals surface area contributed by atoms with E-state index < -0.39 is 11.8 Å². The van der Waals surface area contributed by atoms with Crippen molar-refractivity contribution in [3.8, 4) is 11.4 Å². The number of fused-ring (bicyclic) bond motifs is 1. The number of rotatable bonds is 2. The molecule has 0 aliphatic rings. The number of benzene rings is 1.